The van der Waals surface area contributed by atoms with E-state index in [4.69, 9.17) is 0 Å². The first-order valence-electron chi connectivity index (χ1n) is 5.52. The summed E-state index contributed by atoms with van der Waals surface area (Å²) in [6.07, 6.45) is 0. The van der Waals surface area contributed by atoms with Crippen molar-refractivity contribution in [2.24, 2.45) is 0 Å². The van der Waals surface area contributed by atoms with E-state index in [0.717, 1.165) is 0 Å². The summed E-state index contributed by atoms with van der Waals surface area (Å²) in [6, 6.07) is 5.66. The number of aromatic amines is 3. The van der Waals surface area contributed by atoms with Crippen molar-refractivity contribution >= 4 is 16.9 Å². The van der Waals surface area contributed by atoms with Gasteiger partial charge < -0.3 is 4.98 Å². The number of rotatable bonds is 2. The quantitative estimate of drug-likeness (QED) is 0.461. The summed E-state index contributed by atoms with van der Waals surface area (Å²) in [5.41, 5.74) is -0.443. The number of aromatic nitrogens is 4. The summed E-state index contributed by atoms with van der Waals surface area (Å²) in [5, 5.41) is 10.6. The summed E-state index contributed by atoms with van der Waals surface area (Å²) in [5.74, 6) is 0.335. The minimum absolute atomic E-state index is 0.0453. The van der Waals surface area contributed by atoms with Gasteiger partial charge in [0.25, 0.3) is 11.2 Å². The van der Waals surface area contributed by atoms with Crippen LogP contribution < -0.4 is 11.2 Å². The number of nitro groups is 1. The Hall–Kier alpha value is -3.23. The number of non-ortho nitro benzene ring substituents is 1. The lowest BCUT2D eigenvalue weighted by atomic mass is 10.2. The number of benzene rings is 1. The third-order valence-corrected chi connectivity index (χ3v) is 2.74. The van der Waals surface area contributed by atoms with Crippen molar-refractivity contribution < 1.29 is 4.92 Å². The van der Waals surface area contributed by atoms with Crippen molar-refractivity contribution in [3.05, 3.63) is 55.2 Å². The summed E-state index contributed by atoms with van der Waals surface area (Å²) in [4.78, 5) is 44.0. The standard InChI is InChI=1S/C11H7N5O4/c17-10-7-9(14-11(18)15-10)13-8(12-7)5-1-3-6(4-2-5)16(19)20/h1-4H,(H3,12,13,14,15,17,18). The molecule has 3 aromatic rings. The van der Waals surface area contributed by atoms with Gasteiger partial charge >= 0.3 is 5.69 Å². The molecule has 20 heavy (non-hydrogen) atoms. The molecule has 0 spiro atoms. The molecule has 0 atom stereocenters. The van der Waals surface area contributed by atoms with E-state index in [0.29, 0.717) is 11.4 Å². The van der Waals surface area contributed by atoms with Gasteiger partial charge in [-0.05, 0) is 12.1 Å². The molecular weight excluding hydrogens is 266 g/mol. The zero-order valence-corrected chi connectivity index (χ0v) is 9.84. The molecule has 1 aromatic carbocycles. The second-order valence-corrected chi connectivity index (χ2v) is 4.02. The molecule has 0 aliphatic carbocycles. The van der Waals surface area contributed by atoms with Gasteiger partial charge in [-0.15, -0.1) is 0 Å². The Morgan fingerprint density at radius 3 is 2.40 bits per heavy atom. The fourth-order valence-corrected chi connectivity index (χ4v) is 1.81. The molecule has 0 bridgehead atoms. The van der Waals surface area contributed by atoms with Crippen molar-refractivity contribution in [1.82, 2.24) is 19.9 Å². The molecule has 2 aromatic heterocycles. The van der Waals surface area contributed by atoms with Crippen molar-refractivity contribution in [1.29, 1.82) is 0 Å². The van der Waals surface area contributed by atoms with E-state index >= 15 is 0 Å². The van der Waals surface area contributed by atoms with Crippen LogP contribution in [0.4, 0.5) is 5.69 Å². The predicted octanol–water partition coefficient (Wildman–Crippen LogP) is 0.515. The van der Waals surface area contributed by atoms with Crippen molar-refractivity contribution in [2.75, 3.05) is 0 Å². The lowest BCUT2D eigenvalue weighted by Crippen LogP contribution is -2.21. The number of fused-ring (bicyclic) bond motifs is 1. The number of nitro benzene ring substituents is 1. The van der Waals surface area contributed by atoms with Gasteiger partial charge in [0.1, 0.15) is 11.3 Å². The zero-order chi connectivity index (χ0) is 14.3. The molecule has 3 N–H and O–H groups in total. The molecule has 100 valence electrons. The Bertz CT molecular complexity index is 918. The number of imidazole rings is 1. The third-order valence-electron chi connectivity index (χ3n) is 2.74. The van der Waals surface area contributed by atoms with Crippen LogP contribution in [0.15, 0.2) is 33.9 Å². The molecule has 2 heterocycles. The van der Waals surface area contributed by atoms with E-state index < -0.39 is 16.2 Å². The number of nitrogens with zero attached hydrogens (tertiary/aromatic N) is 2. The molecule has 0 saturated carbocycles. The maximum absolute atomic E-state index is 11.6. The Morgan fingerprint density at radius 2 is 1.75 bits per heavy atom. The second kappa shape index (κ2) is 4.16. The molecule has 9 heteroatoms. The van der Waals surface area contributed by atoms with Crippen molar-refractivity contribution in [3.63, 3.8) is 0 Å². The highest BCUT2D eigenvalue weighted by Crippen LogP contribution is 2.20. The van der Waals surface area contributed by atoms with Crippen LogP contribution in [-0.2, 0) is 0 Å². The average molecular weight is 273 g/mol. The van der Waals surface area contributed by atoms with E-state index in [1.54, 1.807) is 0 Å². The molecule has 0 amide bonds. The summed E-state index contributed by atoms with van der Waals surface area (Å²) in [7, 11) is 0. The molecular formula is C11H7N5O4. The first kappa shape index (κ1) is 11.8. The molecule has 0 fully saturated rings. The highest BCUT2D eigenvalue weighted by atomic mass is 16.6. The van der Waals surface area contributed by atoms with Crippen LogP contribution in [-0.4, -0.2) is 24.9 Å². The molecule has 9 nitrogen and oxygen atoms in total. The minimum Gasteiger partial charge on any atom is -0.332 e. The van der Waals surface area contributed by atoms with E-state index in [2.05, 4.69) is 19.9 Å². The number of H-pyrrole nitrogens is 3. The van der Waals surface area contributed by atoms with Gasteiger partial charge in [-0.1, -0.05) is 0 Å². The molecule has 0 aliphatic heterocycles. The maximum Gasteiger partial charge on any atom is 0.327 e. The van der Waals surface area contributed by atoms with E-state index in [1.165, 1.54) is 24.3 Å². The molecule has 0 saturated heterocycles. The third kappa shape index (κ3) is 1.86. The van der Waals surface area contributed by atoms with Crippen LogP contribution in [0, 0.1) is 10.1 Å². The Balaban J connectivity index is 2.15. The van der Waals surface area contributed by atoms with Gasteiger partial charge in [0.05, 0.1) is 4.92 Å². The minimum atomic E-state index is -0.649. The van der Waals surface area contributed by atoms with Crippen LogP contribution in [0.5, 0.6) is 0 Å². The van der Waals surface area contributed by atoms with Crippen molar-refractivity contribution in [2.45, 2.75) is 0 Å². The van der Waals surface area contributed by atoms with Crippen LogP contribution in [0.1, 0.15) is 0 Å². The number of hydrogen-bond donors (Lipinski definition) is 3. The molecule has 0 unspecified atom stereocenters. The van der Waals surface area contributed by atoms with Gasteiger partial charge in [0, 0.05) is 17.7 Å². The van der Waals surface area contributed by atoms with Gasteiger partial charge in [0.2, 0.25) is 0 Å². The Morgan fingerprint density at radius 1 is 1.05 bits per heavy atom. The van der Waals surface area contributed by atoms with Gasteiger partial charge in [-0.2, -0.15) is 0 Å². The van der Waals surface area contributed by atoms with E-state index in [1.807, 2.05) is 0 Å². The van der Waals surface area contributed by atoms with Crippen molar-refractivity contribution in [3.8, 4) is 11.4 Å². The largest absolute Gasteiger partial charge is 0.332 e. The molecule has 3 rings (SSSR count). The fourth-order valence-electron chi connectivity index (χ4n) is 1.81. The van der Waals surface area contributed by atoms with Crippen LogP contribution >= 0.6 is 0 Å². The average Bonchev–Trinajstić information content (AvgIpc) is 2.83. The summed E-state index contributed by atoms with van der Waals surface area (Å²) >= 11 is 0. The van der Waals surface area contributed by atoms with Gasteiger partial charge in [0.15, 0.2) is 5.65 Å². The van der Waals surface area contributed by atoms with E-state index in [9.17, 15) is 19.7 Å². The fraction of sp³-hybridized carbons (Fsp3) is 0. The normalized spacial score (nSPS) is 10.8. The molecule has 0 aliphatic rings. The summed E-state index contributed by atoms with van der Waals surface area (Å²) in [6.45, 7) is 0. The highest BCUT2D eigenvalue weighted by Gasteiger charge is 2.11. The SMILES string of the molecule is O=c1[nH]c(=O)c2[nH]c(-c3ccc([N+](=O)[O-])cc3)nc2[nH]1. The number of nitrogens with one attached hydrogen (secondary N) is 3. The van der Waals surface area contributed by atoms with E-state index in [-0.39, 0.29) is 16.9 Å². The summed E-state index contributed by atoms with van der Waals surface area (Å²) < 4.78 is 0. The van der Waals surface area contributed by atoms with Crippen LogP contribution in [0.3, 0.4) is 0 Å². The smallest absolute Gasteiger partial charge is 0.327 e. The lowest BCUT2D eigenvalue weighted by molar-refractivity contribution is -0.384. The second-order valence-electron chi connectivity index (χ2n) is 4.02. The van der Waals surface area contributed by atoms with Gasteiger partial charge in [-0.25, -0.2) is 9.78 Å². The lowest BCUT2D eigenvalue weighted by Gasteiger charge is -1.95. The predicted molar refractivity (Wildman–Crippen MR) is 69.4 cm³/mol. The first-order valence-corrected chi connectivity index (χ1v) is 5.52. The highest BCUT2D eigenvalue weighted by molar-refractivity contribution is 5.74. The molecule has 0 radical (unpaired) electrons. The van der Waals surface area contributed by atoms with Gasteiger partial charge in [-0.3, -0.25) is 24.9 Å². The Labute approximate surface area is 109 Å². The zero-order valence-electron chi connectivity index (χ0n) is 9.84. The number of hydrogen-bond acceptors (Lipinski definition) is 5. The Kier molecular flexibility index (Phi) is 2.46. The topological polar surface area (TPSA) is 138 Å². The monoisotopic (exact) mass is 273 g/mol. The van der Waals surface area contributed by atoms with Crippen LogP contribution in [0.25, 0.3) is 22.6 Å². The first-order chi connectivity index (χ1) is 9.54. The van der Waals surface area contributed by atoms with Crippen LogP contribution in [0.2, 0.25) is 0 Å². The maximum atomic E-state index is 11.6.